The van der Waals surface area contributed by atoms with Gasteiger partial charge in [-0.15, -0.1) is 0 Å². The number of hydrogen-bond donors (Lipinski definition) is 1. The SMILES string of the molecule is Cc1cc(-c2ccc(C#N)cc2)cc(C)c1Oc1ccnc(S(=O)(=O)CC(=O)Nc2ccc(F)cc2)n1. The molecule has 37 heavy (non-hydrogen) atoms. The summed E-state index contributed by atoms with van der Waals surface area (Å²) >= 11 is 0. The van der Waals surface area contributed by atoms with Gasteiger partial charge in [-0.2, -0.15) is 10.2 Å². The van der Waals surface area contributed by atoms with Crippen molar-refractivity contribution in [1.82, 2.24) is 9.97 Å². The summed E-state index contributed by atoms with van der Waals surface area (Å²) in [6.07, 6.45) is 1.24. The maximum Gasteiger partial charge on any atom is 0.250 e. The molecule has 0 aliphatic heterocycles. The fraction of sp³-hybridized carbons (Fsp3) is 0.111. The van der Waals surface area contributed by atoms with Gasteiger partial charge in [-0.1, -0.05) is 12.1 Å². The molecule has 4 aromatic rings. The number of aromatic nitrogens is 2. The highest BCUT2D eigenvalue weighted by atomic mass is 32.2. The Hall–Kier alpha value is -4.62. The van der Waals surface area contributed by atoms with Gasteiger partial charge in [0.15, 0.2) is 0 Å². The zero-order valence-corrected chi connectivity index (χ0v) is 20.7. The molecule has 1 aromatic heterocycles. The lowest BCUT2D eigenvalue weighted by atomic mass is 9.99. The molecule has 0 fully saturated rings. The summed E-state index contributed by atoms with van der Waals surface area (Å²) in [7, 11) is -4.18. The first-order valence-electron chi connectivity index (χ1n) is 11.1. The highest BCUT2D eigenvalue weighted by Gasteiger charge is 2.23. The third-order valence-corrected chi connectivity index (χ3v) is 6.74. The van der Waals surface area contributed by atoms with E-state index in [0.29, 0.717) is 11.3 Å². The molecule has 0 unspecified atom stereocenters. The van der Waals surface area contributed by atoms with E-state index in [1.54, 1.807) is 12.1 Å². The van der Waals surface area contributed by atoms with Crippen LogP contribution in [0.15, 0.2) is 78.1 Å². The van der Waals surface area contributed by atoms with Crippen LogP contribution in [-0.4, -0.2) is 30.0 Å². The van der Waals surface area contributed by atoms with Gasteiger partial charge in [0, 0.05) is 18.0 Å². The third kappa shape index (κ3) is 6.15. The lowest BCUT2D eigenvalue weighted by molar-refractivity contribution is -0.113. The van der Waals surface area contributed by atoms with Gasteiger partial charge in [0.1, 0.15) is 17.3 Å². The van der Waals surface area contributed by atoms with Crippen LogP contribution in [0.3, 0.4) is 0 Å². The quantitative estimate of drug-likeness (QED) is 0.344. The molecule has 0 bridgehead atoms. The van der Waals surface area contributed by atoms with E-state index in [4.69, 9.17) is 10.00 Å². The van der Waals surface area contributed by atoms with Crippen molar-refractivity contribution in [2.24, 2.45) is 0 Å². The Morgan fingerprint density at radius 2 is 1.65 bits per heavy atom. The summed E-state index contributed by atoms with van der Waals surface area (Å²) < 4.78 is 44.5. The van der Waals surface area contributed by atoms with Crippen LogP contribution >= 0.6 is 0 Å². The second-order valence-electron chi connectivity index (χ2n) is 8.22. The van der Waals surface area contributed by atoms with Crippen molar-refractivity contribution < 1.29 is 22.3 Å². The molecule has 1 amide bonds. The number of carbonyl (C=O) groups excluding carboxylic acids is 1. The third-order valence-electron chi connectivity index (χ3n) is 5.35. The van der Waals surface area contributed by atoms with Crippen molar-refractivity contribution in [3.63, 3.8) is 0 Å². The topological polar surface area (TPSA) is 122 Å². The molecule has 4 rings (SSSR count). The largest absolute Gasteiger partial charge is 0.438 e. The minimum Gasteiger partial charge on any atom is -0.438 e. The number of ether oxygens (including phenoxy) is 1. The first-order chi connectivity index (χ1) is 17.6. The maximum absolute atomic E-state index is 13.0. The summed E-state index contributed by atoms with van der Waals surface area (Å²) in [5.41, 5.74) is 4.28. The van der Waals surface area contributed by atoms with Gasteiger partial charge in [0.25, 0.3) is 5.16 Å². The Labute approximate surface area is 213 Å². The van der Waals surface area contributed by atoms with Crippen molar-refractivity contribution in [2.75, 3.05) is 11.1 Å². The van der Waals surface area contributed by atoms with E-state index >= 15 is 0 Å². The summed E-state index contributed by atoms with van der Waals surface area (Å²) in [6.45, 7) is 3.71. The molecular formula is C27H21FN4O4S. The Bertz CT molecular complexity index is 1590. The van der Waals surface area contributed by atoms with Crippen LogP contribution in [-0.2, 0) is 14.6 Å². The molecule has 3 aromatic carbocycles. The van der Waals surface area contributed by atoms with E-state index < -0.39 is 32.5 Å². The molecule has 0 aliphatic rings. The number of hydrogen-bond acceptors (Lipinski definition) is 7. The second kappa shape index (κ2) is 10.6. The number of nitrogens with zero attached hydrogens (tertiary/aromatic N) is 3. The van der Waals surface area contributed by atoms with Gasteiger partial charge in [-0.3, -0.25) is 4.79 Å². The Morgan fingerprint density at radius 3 is 2.27 bits per heavy atom. The molecule has 0 radical (unpaired) electrons. The number of benzene rings is 3. The van der Waals surface area contributed by atoms with Crippen LogP contribution in [0.1, 0.15) is 16.7 Å². The van der Waals surface area contributed by atoms with Gasteiger partial charge >= 0.3 is 0 Å². The van der Waals surface area contributed by atoms with Crippen LogP contribution in [0.4, 0.5) is 10.1 Å². The minimum absolute atomic E-state index is 0.00448. The van der Waals surface area contributed by atoms with E-state index in [-0.39, 0.29) is 11.6 Å². The number of sulfone groups is 1. The van der Waals surface area contributed by atoms with E-state index in [1.807, 2.05) is 38.1 Å². The highest BCUT2D eigenvalue weighted by Crippen LogP contribution is 2.33. The molecule has 0 spiro atoms. The molecule has 186 valence electrons. The minimum atomic E-state index is -4.18. The van der Waals surface area contributed by atoms with Crippen molar-refractivity contribution in [3.05, 3.63) is 95.4 Å². The lowest BCUT2D eigenvalue weighted by Gasteiger charge is -2.14. The normalized spacial score (nSPS) is 11.0. The first-order valence-corrected chi connectivity index (χ1v) is 12.7. The second-order valence-corrected chi connectivity index (χ2v) is 10.1. The van der Waals surface area contributed by atoms with Crippen molar-refractivity contribution in [3.8, 4) is 28.8 Å². The fourth-order valence-corrected chi connectivity index (χ4v) is 4.62. The van der Waals surface area contributed by atoms with Crippen molar-refractivity contribution in [1.29, 1.82) is 5.26 Å². The van der Waals surface area contributed by atoms with Crippen LogP contribution < -0.4 is 10.1 Å². The molecule has 0 saturated carbocycles. The van der Waals surface area contributed by atoms with Crippen LogP contribution in [0.25, 0.3) is 11.1 Å². The molecule has 8 nitrogen and oxygen atoms in total. The van der Waals surface area contributed by atoms with Crippen molar-refractivity contribution in [2.45, 2.75) is 19.0 Å². The number of carbonyl (C=O) groups is 1. The molecule has 0 aliphatic carbocycles. The molecule has 1 N–H and O–H groups in total. The molecular weight excluding hydrogens is 495 g/mol. The van der Waals surface area contributed by atoms with Gasteiger partial charge in [0.2, 0.25) is 21.6 Å². The van der Waals surface area contributed by atoms with E-state index in [1.165, 1.54) is 24.4 Å². The average Bonchev–Trinajstić information content (AvgIpc) is 2.87. The smallest absolute Gasteiger partial charge is 0.250 e. The Morgan fingerprint density at radius 1 is 1.00 bits per heavy atom. The lowest BCUT2D eigenvalue weighted by Crippen LogP contribution is -2.24. The zero-order chi connectivity index (χ0) is 26.6. The van der Waals surface area contributed by atoms with Crippen LogP contribution in [0.2, 0.25) is 0 Å². The van der Waals surface area contributed by atoms with Gasteiger partial charge in [0.05, 0.1) is 11.6 Å². The number of amides is 1. The zero-order valence-electron chi connectivity index (χ0n) is 19.9. The summed E-state index contributed by atoms with van der Waals surface area (Å²) in [4.78, 5) is 20.1. The molecule has 10 heteroatoms. The fourth-order valence-electron chi connectivity index (χ4n) is 3.62. The first kappa shape index (κ1) is 25.5. The average molecular weight is 517 g/mol. The predicted molar refractivity (Wildman–Crippen MR) is 135 cm³/mol. The Kier molecular flexibility index (Phi) is 7.27. The number of anilines is 1. The molecule has 1 heterocycles. The number of aryl methyl sites for hydroxylation is 2. The molecule has 0 saturated heterocycles. The van der Waals surface area contributed by atoms with Crippen LogP contribution in [0.5, 0.6) is 11.6 Å². The van der Waals surface area contributed by atoms with Gasteiger partial charge in [-0.05, 0) is 84.6 Å². The summed E-state index contributed by atoms with van der Waals surface area (Å²) in [5, 5.41) is 10.8. The molecule has 0 atom stereocenters. The standard InChI is InChI=1S/C27H21FN4O4S/c1-17-13-21(20-5-3-19(15-29)4-6-20)14-18(2)26(17)36-25-11-12-30-27(32-25)37(34,35)16-24(33)31-23-9-7-22(28)8-10-23/h3-14H,16H2,1-2H3,(H,31,33). The maximum atomic E-state index is 13.0. The Balaban J connectivity index is 1.51. The summed E-state index contributed by atoms with van der Waals surface area (Å²) in [5.74, 6) is -1.68. The summed E-state index contributed by atoms with van der Waals surface area (Å²) in [6, 6.07) is 19.5. The van der Waals surface area contributed by atoms with E-state index in [2.05, 4.69) is 21.4 Å². The van der Waals surface area contributed by atoms with E-state index in [0.717, 1.165) is 34.4 Å². The van der Waals surface area contributed by atoms with E-state index in [9.17, 15) is 17.6 Å². The number of nitriles is 1. The number of nitrogens with one attached hydrogen (secondary N) is 1. The van der Waals surface area contributed by atoms with Crippen LogP contribution in [0, 0.1) is 31.0 Å². The van der Waals surface area contributed by atoms with Gasteiger partial charge < -0.3 is 10.1 Å². The predicted octanol–water partition coefficient (Wildman–Crippen LogP) is 4.98. The van der Waals surface area contributed by atoms with Gasteiger partial charge in [-0.25, -0.2) is 17.8 Å². The monoisotopic (exact) mass is 516 g/mol. The number of halogens is 1. The number of rotatable bonds is 7. The van der Waals surface area contributed by atoms with Crippen molar-refractivity contribution >= 4 is 21.4 Å². The highest BCUT2D eigenvalue weighted by molar-refractivity contribution is 7.92.